The fourth-order valence-corrected chi connectivity index (χ4v) is 2.30. The summed E-state index contributed by atoms with van der Waals surface area (Å²) in [4.78, 5) is 0. The average Bonchev–Trinajstić information content (AvgIpc) is 2.58. The highest BCUT2D eigenvalue weighted by Gasteiger charge is 2.19. The highest BCUT2D eigenvalue weighted by atomic mass is 16.5. The molecule has 0 amide bonds. The Kier molecular flexibility index (Phi) is 6.82. The van der Waals surface area contributed by atoms with Gasteiger partial charge in [-0.15, -0.1) is 0 Å². The standard InChI is InChI=1S/C20H25NO2/c1-17(2)13-14-21(22)20(19-11-7-4-8-12-19)16-23-15-18-9-5-3-6-10-18/h3-12,14,17,20H,13,15-16H2,1-2H3/b21-14-/t20-/m1/s1. The molecule has 0 aliphatic carbocycles. The van der Waals surface area contributed by atoms with Crippen LogP contribution < -0.4 is 0 Å². The first-order valence-corrected chi connectivity index (χ1v) is 8.12. The molecule has 1 atom stereocenters. The van der Waals surface area contributed by atoms with Gasteiger partial charge in [-0.25, -0.2) is 4.74 Å². The summed E-state index contributed by atoms with van der Waals surface area (Å²) in [5, 5.41) is 12.5. The van der Waals surface area contributed by atoms with Crippen LogP contribution in [0.15, 0.2) is 60.7 Å². The molecule has 2 aromatic rings. The minimum Gasteiger partial charge on any atom is -0.624 e. The molecule has 2 rings (SSSR count). The zero-order chi connectivity index (χ0) is 16.5. The predicted octanol–water partition coefficient (Wildman–Crippen LogP) is 4.57. The maximum Gasteiger partial charge on any atom is 0.211 e. The number of nitrogens with zero attached hydrogens (tertiary/aromatic N) is 1. The van der Waals surface area contributed by atoms with Crippen LogP contribution in [0.25, 0.3) is 0 Å². The van der Waals surface area contributed by atoms with Gasteiger partial charge in [0.15, 0.2) is 6.21 Å². The SMILES string of the molecule is CC(C)C/C=[N+](\[O-])[C@H](COCc1ccccc1)c1ccccc1. The van der Waals surface area contributed by atoms with E-state index in [-0.39, 0.29) is 6.04 Å². The number of hydrogen-bond donors (Lipinski definition) is 0. The van der Waals surface area contributed by atoms with E-state index in [1.807, 2.05) is 60.7 Å². The Balaban J connectivity index is 2.03. The summed E-state index contributed by atoms with van der Waals surface area (Å²) >= 11 is 0. The molecule has 3 nitrogen and oxygen atoms in total. The molecule has 0 aliphatic heterocycles. The summed E-state index contributed by atoms with van der Waals surface area (Å²) in [5.74, 6) is 0.466. The van der Waals surface area contributed by atoms with Crippen LogP contribution in [0.4, 0.5) is 0 Å². The first kappa shape index (κ1) is 17.2. The van der Waals surface area contributed by atoms with Crippen LogP contribution in [-0.2, 0) is 11.3 Å². The van der Waals surface area contributed by atoms with Gasteiger partial charge in [0.05, 0.1) is 6.61 Å². The molecule has 122 valence electrons. The van der Waals surface area contributed by atoms with Crippen molar-refractivity contribution >= 4 is 6.21 Å². The van der Waals surface area contributed by atoms with Crippen LogP contribution in [0.3, 0.4) is 0 Å². The summed E-state index contributed by atoms with van der Waals surface area (Å²) < 4.78 is 6.84. The van der Waals surface area contributed by atoms with E-state index in [2.05, 4.69) is 13.8 Å². The summed E-state index contributed by atoms with van der Waals surface area (Å²) in [5.41, 5.74) is 2.10. The first-order valence-electron chi connectivity index (χ1n) is 8.12. The molecule has 0 unspecified atom stereocenters. The molecule has 0 aromatic heterocycles. The Bertz CT molecular complexity index is 594. The summed E-state index contributed by atoms with van der Waals surface area (Å²) in [7, 11) is 0. The van der Waals surface area contributed by atoms with Crippen LogP contribution >= 0.6 is 0 Å². The second-order valence-corrected chi connectivity index (χ2v) is 6.10. The second-order valence-electron chi connectivity index (χ2n) is 6.10. The molecule has 0 spiro atoms. The van der Waals surface area contributed by atoms with Crippen molar-refractivity contribution in [2.45, 2.75) is 32.9 Å². The fourth-order valence-electron chi connectivity index (χ4n) is 2.30. The van der Waals surface area contributed by atoms with Gasteiger partial charge in [-0.1, -0.05) is 74.5 Å². The molecule has 0 bridgehead atoms. The van der Waals surface area contributed by atoms with Gasteiger partial charge in [-0.3, -0.25) is 0 Å². The number of ether oxygens (including phenoxy) is 1. The molecule has 0 heterocycles. The Labute approximate surface area is 138 Å². The average molecular weight is 311 g/mol. The van der Waals surface area contributed by atoms with Crippen molar-refractivity contribution in [1.82, 2.24) is 0 Å². The maximum absolute atomic E-state index is 12.5. The summed E-state index contributed by atoms with van der Waals surface area (Å²) in [6.45, 7) is 5.10. The van der Waals surface area contributed by atoms with Crippen molar-refractivity contribution in [3.05, 3.63) is 77.0 Å². The van der Waals surface area contributed by atoms with E-state index in [9.17, 15) is 5.21 Å². The van der Waals surface area contributed by atoms with Gasteiger partial charge in [0.25, 0.3) is 0 Å². The van der Waals surface area contributed by atoms with Crippen molar-refractivity contribution < 1.29 is 9.48 Å². The summed E-state index contributed by atoms with van der Waals surface area (Å²) in [6, 6.07) is 19.5. The van der Waals surface area contributed by atoms with Crippen LogP contribution in [0.1, 0.15) is 37.4 Å². The van der Waals surface area contributed by atoms with Gasteiger partial charge in [-0.2, -0.15) is 0 Å². The van der Waals surface area contributed by atoms with E-state index < -0.39 is 0 Å². The minimum atomic E-state index is -0.307. The van der Waals surface area contributed by atoms with Crippen molar-refractivity contribution in [3.63, 3.8) is 0 Å². The molecule has 0 radical (unpaired) electrons. The van der Waals surface area contributed by atoms with E-state index >= 15 is 0 Å². The van der Waals surface area contributed by atoms with Crippen LogP contribution in [0, 0.1) is 11.1 Å². The normalized spacial score (nSPS) is 13.3. The third-order valence-electron chi connectivity index (χ3n) is 3.64. The van der Waals surface area contributed by atoms with Crippen molar-refractivity contribution in [2.24, 2.45) is 5.92 Å². The lowest BCUT2D eigenvalue weighted by molar-refractivity contribution is -0.509. The monoisotopic (exact) mass is 311 g/mol. The van der Waals surface area contributed by atoms with E-state index in [4.69, 9.17) is 4.74 Å². The highest BCUT2D eigenvalue weighted by molar-refractivity contribution is 5.51. The fraction of sp³-hybridized carbons (Fsp3) is 0.350. The lowest BCUT2D eigenvalue weighted by atomic mass is 10.1. The van der Waals surface area contributed by atoms with Crippen molar-refractivity contribution in [1.29, 1.82) is 0 Å². The minimum absolute atomic E-state index is 0.307. The van der Waals surface area contributed by atoms with Gasteiger partial charge < -0.3 is 9.94 Å². The van der Waals surface area contributed by atoms with Crippen LogP contribution in [0.5, 0.6) is 0 Å². The maximum atomic E-state index is 12.5. The molecule has 0 fully saturated rings. The van der Waals surface area contributed by atoms with E-state index in [1.165, 1.54) is 0 Å². The van der Waals surface area contributed by atoms with Gasteiger partial charge in [0.2, 0.25) is 6.04 Å². The number of hydroxylamine groups is 1. The Hall–Kier alpha value is -2.13. The van der Waals surface area contributed by atoms with E-state index in [0.29, 0.717) is 19.1 Å². The number of hydrogen-bond acceptors (Lipinski definition) is 2. The molecule has 3 heteroatoms. The molecule has 2 aromatic carbocycles. The second kappa shape index (κ2) is 9.11. The first-order chi connectivity index (χ1) is 11.2. The van der Waals surface area contributed by atoms with Gasteiger partial charge in [0.1, 0.15) is 6.61 Å². The largest absolute Gasteiger partial charge is 0.624 e. The molecule has 0 saturated carbocycles. The number of rotatable bonds is 8. The van der Waals surface area contributed by atoms with Gasteiger partial charge in [0, 0.05) is 12.0 Å². The Morgan fingerprint density at radius 2 is 1.61 bits per heavy atom. The van der Waals surface area contributed by atoms with Crippen molar-refractivity contribution in [2.75, 3.05) is 6.61 Å². The van der Waals surface area contributed by atoms with Crippen LogP contribution in [0.2, 0.25) is 0 Å². The molecule has 0 aliphatic rings. The zero-order valence-electron chi connectivity index (χ0n) is 13.9. The molecule has 23 heavy (non-hydrogen) atoms. The van der Waals surface area contributed by atoms with Crippen LogP contribution in [-0.4, -0.2) is 17.6 Å². The lowest BCUT2D eigenvalue weighted by Crippen LogP contribution is -2.20. The quantitative estimate of drug-likeness (QED) is 0.310. The Morgan fingerprint density at radius 3 is 2.22 bits per heavy atom. The number of benzene rings is 2. The summed E-state index contributed by atoms with van der Waals surface area (Å²) in [6.07, 6.45) is 2.50. The van der Waals surface area contributed by atoms with Gasteiger partial charge in [-0.05, 0) is 11.5 Å². The third-order valence-corrected chi connectivity index (χ3v) is 3.64. The van der Waals surface area contributed by atoms with E-state index in [0.717, 1.165) is 22.3 Å². The lowest BCUT2D eigenvalue weighted by Gasteiger charge is -2.18. The Morgan fingerprint density at radius 1 is 1.00 bits per heavy atom. The molecular formula is C20H25NO2. The smallest absolute Gasteiger partial charge is 0.211 e. The third kappa shape index (κ3) is 5.87. The molecular weight excluding hydrogens is 286 g/mol. The topological polar surface area (TPSA) is 35.3 Å². The zero-order valence-corrected chi connectivity index (χ0v) is 13.9. The van der Waals surface area contributed by atoms with E-state index in [1.54, 1.807) is 6.21 Å². The molecule has 0 saturated heterocycles. The van der Waals surface area contributed by atoms with Gasteiger partial charge >= 0.3 is 0 Å². The predicted molar refractivity (Wildman–Crippen MR) is 94.4 cm³/mol. The highest BCUT2D eigenvalue weighted by Crippen LogP contribution is 2.18. The van der Waals surface area contributed by atoms with Crippen molar-refractivity contribution in [3.8, 4) is 0 Å². The molecule has 0 N–H and O–H groups in total.